The molecule has 0 amide bonds. The van der Waals surface area contributed by atoms with Gasteiger partial charge in [0.15, 0.2) is 5.84 Å². The van der Waals surface area contributed by atoms with Crippen LogP contribution in [0.4, 0.5) is 4.39 Å². The van der Waals surface area contributed by atoms with Crippen LogP contribution in [0.5, 0.6) is 0 Å². The largest absolute Gasteiger partial charge is 0.409 e. The molecule has 2 rings (SSSR count). The minimum absolute atomic E-state index is 0.0376. The number of benzene rings is 1. The fraction of sp³-hybridized carbons (Fsp3) is 0.0769. The molecular formula is C13H12FN3OS. The molecule has 0 aliphatic heterocycles. The van der Waals surface area contributed by atoms with Gasteiger partial charge in [-0.05, 0) is 30.7 Å². The Balaban J connectivity index is 2.47. The van der Waals surface area contributed by atoms with E-state index in [2.05, 4.69) is 10.1 Å². The third kappa shape index (κ3) is 2.85. The molecule has 0 spiro atoms. The Kier molecular flexibility index (Phi) is 4.01. The van der Waals surface area contributed by atoms with E-state index in [1.165, 1.54) is 6.07 Å². The Labute approximate surface area is 114 Å². The lowest BCUT2D eigenvalue weighted by molar-refractivity contribution is 0.318. The van der Waals surface area contributed by atoms with Gasteiger partial charge in [0, 0.05) is 11.1 Å². The molecule has 0 saturated carbocycles. The number of aromatic nitrogens is 1. The Morgan fingerprint density at radius 2 is 2.11 bits per heavy atom. The second kappa shape index (κ2) is 5.71. The molecule has 1 aromatic carbocycles. The molecule has 4 nitrogen and oxygen atoms in total. The first kappa shape index (κ1) is 13.4. The zero-order valence-electron chi connectivity index (χ0n) is 10.2. The van der Waals surface area contributed by atoms with Crippen molar-refractivity contribution in [2.75, 3.05) is 0 Å². The van der Waals surface area contributed by atoms with Crippen LogP contribution in [0, 0.1) is 12.7 Å². The molecule has 3 N–H and O–H groups in total. The van der Waals surface area contributed by atoms with E-state index in [-0.39, 0.29) is 11.7 Å². The highest BCUT2D eigenvalue weighted by Gasteiger charge is 2.14. The fourth-order valence-corrected chi connectivity index (χ4v) is 2.61. The summed E-state index contributed by atoms with van der Waals surface area (Å²) in [5, 5.41) is 12.3. The van der Waals surface area contributed by atoms with Gasteiger partial charge in [0.05, 0.1) is 5.56 Å². The molecule has 1 aromatic heterocycles. The molecule has 0 aliphatic rings. The van der Waals surface area contributed by atoms with Crippen LogP contribution in [0.2, 0.25) is 0 Å². The number of amidine groups is 1. The highest BCUT2D eigenvalue weighted by Crippen LogP contribution is 2.31. The molecular weight excluding hydrogens is 265 g/mol. The number of rotatable bonds is 3. The maximum atomic E-state index is 13.6. The Morgan fingerprint density at radius 1 is 1.37 bits per heavy atom. The topological polar surface area (TPSA) is 71.5 Å². The van der Waals surface area contributed by atoms with Gasteiger partial charge in [-0.25, -0.2) is 9.37 Å². The summed E-state index contributed by atoms with van der Waals surface area (Å²) in [6.45, 7) is 1.82. The van der Waals surface area contributed by atoms with Gasteiger partial charge in [0.25, 0.3) is 0 Å². The van der Waals surface area contributed by atoms with Gasteiger partial charge in [0.1, 0.15) is 10.8 Å². The maximum Gasteiger partial charge on any atom is 0.173 e. The quantitative estimate of drug-likeness (QED) is 0.391. The number of nitrogens with zero attached hydrogens (tertiary/aromatic N) is 2. The molecule has 1 heterocycles. The van der Waals surface area contributed by atoms with Crippen molar-refractivity contribution in [1.29, 1.82) is 0 Å². The molecule has 19 heavy (non-hydrogen) atoms. The zero-order valence-corrected chi connectivity index (χ0v) is 11.0. The highest BCUT2D eigenvalue weighted by atomic mass is 32.2. The van der Waals surface area contributed by atoms with E-state index in [1.54, 1.807) is 30.5 Å². The molecule has 0 fully saturated rings. The van der Waals surface area contributed by atoms with E-state index in [4.69, 9.17) is 10.9 Å². The third-order valence-corrected chi connectivity index (χ3v) is 3.59. The lowest BCUT2D eigenvalue weighted by atomic mass is 10.1. The van der Waals surface area contributed by atoms with Crippen molar-refractivity contribution >= 4 is 17.6 Å². The summed E-state index contributed by atoms with van der Waals surface area (Å²) in [5.74, 6) is -0.370. The van der Waals surface area contributed by atoms with E-state index in [0.29, 0.717) is 15.5 Å². The summed E-state index contributed by atoms with van der Waals surface area (Å²) >= 11 is 1.14. The normalized spacial score (nSPS) is 11.6. The molecule has 0 saturated heterocycles. The SMILES string of the molecule is Cc1ccnc(Sc2ccccc2F)c1/C(N)=N/O. The summed E-state index contributed by atoms with van der Waals surface area (Å²) in [6.07, 6.45) is 1.60. The molecule has 6 heteroatoms. The minimum Gasteiger partial charge on any atom is -0.409 e. The van der Waals surface area contributed by atoms with Crippen LogP contribution in [0.15, 0.2) is 51.6 Å². The van der Waals surface area contributed by atoms with Crippen molar-refractivity contribution in [3.05, 3.63) is 53.5 Å². The maximum absolute atomic E-state index is 13.6. The first-order valence-electron chi connectivity index (χ1n) is 5.49. The predicted molar refractivity (Wildman–Crippen MR) is 72.0 cm³/mol. The lowest BCUT2D eigenvalue weighted by Crippen LogP contribution is -2.16. The van der Waals surface area contributed by atoms with Crippen LogP contribution in [0.1, 0.15) is 11.1 Å². The van der Waals surface area contributed by atoms with Gasteiger partial charge in [-0.2, -0.15) is 0 Å². The van der Waals surface area contributed by atoms with E-state index < -0.39 is 0 Å². The first-order valence-corrected chi connectivity index (χ1v) is 6.31. The number of aryl methyl sites for hydroxylation is 1. The van der Waals surface area contributed by atoms with Gasteiger partial charge in [0.2, 0.25) is 0 Å². The van der Waals surface area contributed by atoms with Crippen molar-refractivity contribution in [2.24, 2.45) is 10.9 Å². The van der Waals surface area contributed by atoms with Gasteiger partial charge < -0.3 is 10.9 Å². The zero-order chi connectivity index (χ0) is 13.8. The predicted octanol–water partition coefficient (Wildman–Crippen LogP) is 2.77. The summed E-state index contributed by atoms with van der Waals surface area (Å²) in [4.78, 5) is 4.61. The van der Waals surface area contributed by atoms with Crippen molar-refractivity contribution < 1.29 is 9.60 Å². The third-order valence-electron chi connectivity index (χ3n) is 2.53. The van der Waals surface area contributed by atoms with Crippen LogP contribution in [-0.4, -0.2) is 16.0 Å². The van der Waals surface area contributed by atoms with Crippen molar-refractivity contribution in [3.8, 4) is 0 Å². The van der Waals surface area contributed by atoms with Gasteiger partial charge >= 0.3 is 0 Å². The second-order valence-corrected chi connectivity index (χ2v) is 4.86. The first-order chi connectivity index (χ1) is 9.13. The number of hydrogen-bond acceptors (Lipinski definition) is 4. The molecule has 0 unspecified atom stereocenters. The minimum atomic E-state index is -0.332. The number of hydrogen-bond donors (Lipinski definition) is 2. The summed E-state index contributed by atoms with van der Waals surface area (Å²) in [7, 11) is 0. The smallest absolute Gasteiger partial charge is 0.173 e. The number of halogens is 1. The Bertz CT molecular complexity index is 631. The standard InChI is InChI=1S/C13H12FN3OS/c1-8-6-7-16-13(11(8)12(15)17-18)19-10-5-3-2-4-9(10)14/h2-7,18H,1H3,(H2,15,17). The van der Waals surface area contributed by atoms with Crippen LogP contribution in [0.3, 0.4) is 0 Å². The number of nitrogens with two attached hydrogens (primary N) is 1. The van der Waals surface area contributed by atoms with E-state index in [1.807, 2.05) is 6.92 Å². The molecule has 0 radical (unpaired) electrons. The summed E-state index contributed by atoms with van der Waals surface area (Å²) in [6, 6.07) is 8.14. The fourth-order valence-electron chi connectivity index (χ4n) is 1.60. The molecule has 0 atom stereocenters. The average molecular weight is 277 g/mol. The molecule has 98 valence electrons. The van der Waals surface area contributed by atoms with Crippen LogP contribution in [-0.2, 0) is 0 Å². The Hall–Kier alpha value is -2.08. The summed E-state index contributed by atoms with van der Waals surface area (Å²) in [5.41, 5.74) is 6.96. The van der Waals surface area contributed by atoms with Gasteiger partial charge in [-0.3, -0.25) is 0 Å². The summed E-state index contributed by atoms with van der Waals surface area (Å²) < 4.78 is 13.6. The number of pyridine rings is 1. The van der Waals surface area contributed by atoms with Crippen LogP contribution in [0.25, 0.3) is 0 Å². The monoisotopic (exact) mass is 277 g/mol. The molecule has 0 bridgehead atoms. The molecule has 2 aromatic rings. The van der Waals surface area contributed by atoms with Crippen molar-refractivity contribution in [3.63, 3.8) is 0 Å². The highest BCUT2D eigenvalue weighted by molar-refractivity contribution is 7.99. The number of oxime groups is 1. The van der Waals surface area contributed by atoms with Crippen molar-refractivity contribution in [1.82, 2.24) is 4.98 Å². The van der Waals surface area contributed by atoms with Crippen LogP contribution < -0.4 is 5.73 Å². The van der Waals surface area contributed by atoms with E-state index >= 15 is 0 Å². The van der Waals surface area contributed by atoms with Crippen LogP contribution >= 0.6 is 11.8 Å². The lowest BCUT2D eigenvalue weighted by Gasteiger charge is -2.10. The molecule has 0 aliphatic carbocycles. The van der Waals surface area contributed by atoms with E-state index in [0.717, 1.165) is 17.3 Å². The van der Waals surface area contributed by atoms with Gasteiger partial charge in [-0.1, -0.05) is 29.1 Å². The second-order valence-electron chi connectivity index (χ2n) is 3.83. The van der Waals surface area contributed by atoms with E-state index in [9.17, 15) is 4.39 Å². The van der Waals surface area contributed by atoms with Crippen molar-refractivity contribution in [2.45, 2.75) is 16.8 Å². The van der Waals surface area contributed by atoms with Gasteiger partial charge in [-0.15, -0.1) is 0 Å². The average Bonchev–Trinajstić information content (AvgIpc) is 2.41. The Morgan fingerprint density at radius 3 is 2.79 bits per heavy atom.